The summed E-state index contributed by atoms with van der Waals surface area (Å²) in [4.78, 5) is 13.6. The van der Waals surface area contributed by atoms with Gasteiger partial charge in [-0.3, -0.25) is 10.1 Å². The highest BCUT2D eigenvalue weighted by molar-refractivity contribution is 5.65. The highest BCUT2D eigenvalue weighted by Crippen LogP contribution is 2.25. The number of nitrogens with zero attached hydrogens (tertiary/aromatic N) is 3. The van der Waals surface area contributed by atoms with Crippen LogP contribution in [0.2, 0.25) is 0 Å². The smallest absolute Gasteiger partial charge is 0.258 e. The predicted molar refractivity (Wildman–Crippen MR) is 61.0 cm³/mol. The van der Waals surface area contributed by atoms with E-state index in [0.29, 0.717) is 5.56 Å². The lowest BCUT2D eigenvalue weighted by atomic mass is 10.1. The number of aromatic nitrogens is 1. The molecule has 0 radical (unpaired) electrons. The van der Waals surface area contributed by atoms with Crippen LogP contribution in [0.4, 0.5) is 10.1 Å². The maximum Gasteiger partial charge on any atom is 0.272 e. The van der Waals surface area contributed by atoms with Crippen molar-refractivity contribution in [3.63, 3.8) is 0 Å². The van der Waals surface area contributed by atoms with Crippen molar-refractivity contribution in [1.82, 2.24) is 4.98 Å². The third-order valence-electron chi connectivity index (χ3n) is 2.35. The molecule has 0 saturated carbocycles. The molecule has 2 aromatic rings. The van der Waals surface area contributed by atoms with Crippen molar-refractivity contribution in [1.29, 1.82) is 5.26 Å². The molecule has 0 amide bonds. The van der Waals surface area contributed by atoms with E-state index >= 15 is 0 Å². The van der Waals surface area contributed by atoms with Crippen molar-refractivity contribution in [2.75, 3.05) is 0 Å². The summed E-state index contributed by atoms with van der Waals surface area (Å²) in [6.07, 6.45) is 1.35. The lowest BCUT2D eigenvalue weighted by molar-refractivity contribution is -0.385. The molecule has 0 aliphatic rings. The van der Waals surface area contributed by atoms with E-state index in [1.165, 1.54) is 30.5 Å². The summed E-state index contributed by atoms with van der Waals surface area (Å²) < 4.78 is 13.7. The quantitative estimate of drug-likeness (QED) is 0.599. The number of pyridine rings is 1. The van der Waals surface area contributed by atoms with Gasteiger partial charge >= 0.3 is 0 Å². The minimum Gasteiger partial charge on any atom is -0.258 e. The van der Waals surface area contributed by atoms with Crippen LogP contribution in [0.3, 0.4) is 0 Å². The van der Waals surface area contributed by atoms with Crippen molar-refractivity contribution in [2.45, 2.75) is 0 Å². The summed E-state index contributed by atoms with van der Waals surface area (Å²) >= 11 is 0. The summed E-state index contributed by atoms with van der Waals surface area (Å²) in [7, 11) is 0. The first-order valence-electron chi connectivity index (χ1n) is 4.92. The van der Waals surface area contributed by atoms with Gasteiger partial charge in [0.2, 0.25) is 0 Å². The number of non-ortho nitro benzene ring substituents is 1. The summed E-state index contributed by atoms with van der Waals surface area (Å²) in [5.74, 6) is -0.698. The second-order valence-corrected chi connectivity index (χ2v) is 3.47. The van der Waals surface area contributed by atoms with Gasteiger partial charge in [-0.2, -0.15) is 5.26 Å². The summed E-state index contributed by atoms with van der Waals surface area (Å²) in [6, 6.07) is 8.23. The van der Waals surface area contributed by atoms with Crippen LogP contribution in [-0.2, 0) is 0 Å². The van der Waals surface area contributed by atoms with Crippen LogP contribution in [0.15, 0.2) is 36.5 Å². The number of benzene rings is 1. The average molecular weight is 243 g/mol. The van der Waals surface area contributed by atoms with Crippen LogP contribution in [-0.4, -0.2) is 9.91 Å². The number of halogens is 1. The Bertz CT molecular complexity index is 647. The van der Waals surface area contributed by atoms with Crippen LogP contribution in [0.1, 0.15) is 5.69 Å². The molecule has 1 heterocycles. The molecule has 88 valence electrons. The van der Waals surface area contributed by atoms with Gasteiger partial charge in [0, 0.05) is 23.4 Å². The fourth-order valence-electron chi connectivity index (χ4n) is 1.47. The monoisotopic (exact) mass is 243 g/mol. The van der Waals surface area contributed by atoms with E-state index in [4.69, 9.17) is 5.26 Å². The Morgan fingerprint density at radius 3 is 2.61 bits per heavy atom. The van der Waals surface area contributed by atoms with Gasteiger partial charge < -0.3 is 0 Å². The Labute approximate surface area is 101 Å². The van der Waals surface area contributed by atoms with Gasteiger partial charge in [-0.25, -0.2) is 9.37 Å². The predicted octanol–water partition coefficient (Wildman–Crippen LogP) is 2.67. The number of rotatable bonds is 2. The van der Waals surface area contributed by atoms with Gasteiger partial charge in [0.15, 0.2) is 0 Å². The molecule has 0 atom stereocenters. The molecular formula is C12H6FN3O2. The first kappa shape index (κ1) is 11.7. The van der Waals surface area contributed by atoms with Crippen LogP contribution >= 0.6 is 0 Å². The Balaban J connectivity index is 2.45. The minimum absolute atomic E-state index is 0.206. The molecule has 0 unspecified atom stereocenters. The fourth-order valence-corrected chi connectivity index (χ4v) is 1.47. The fraction of sp³-hybridized carbons (Fsp3) is 0. The van der Waals surface area contributed by atoms with Crippen molar-refractivity contribution in [3.05, 3.63) is 58.2 Å². The zero-order valence-corrected chi connectivity index (χ0v) is 9.00. The van der Waals surface area contributed by atoms with E-state index in [9.17, 15) is 14.5 Å². The van der Waals surface area contributed by atoms with Crippen molar-refractivity contribution < 1.29 is 9.31 Å². The Morgan fingerprint density at radius 1 is 1.33 bits per heavy atom. The number of nitro benzene ring substituents is 1. The normalized spacial score (nSPS) is 9.78. The molecule has 18 heavy (non-hydrogen) atoms. The summed E-state index contributed by atoms with van der Waals surface area (Å²) in [5.41, 5.74) is 0.581. The molecule has 5 nitrogen and oxygen atoms in total. The minimum atomic E-state index is -0.698. The maximum absolute atomic E-state index is 13.7. The highest BCUT2D eigenvalue weighted by Gasteiger charge is 2.12. The second-order valence-electron chi connectivity index (χ2n) is 3.47. The van der Waals surface area contributed by atoms with Gasteiger partial charge in [0.1, 0.15) is 17.6 Å². The van der Waals surface area contributed by atoms with E-state index in [1.807, 2.05) is 6.07 Å². The van der Waals surface area contributed by atoms with Gasteiger partial charge in [-0.15, -0.1) is 0 Å². The molecule has 0 spiro atoms. The lowest BCUT2D eigenvalue weighted by Crippen LogP contribution is -1.92. The van der Waals surface area contributed by atoms with Gasteiger partial charge in [-0.1, -0.05) is 0 Å². The Morgan fingerprint density at radius 2 is 2.11 bits per heavy atom. The summed E-state index contributed by atoms with van der Waals surface area (Å²) in [6.45, 7) is 0. The van der Waals surface area contributed by atoms with Crippen molar-refractivity contribution in [2.24, 2.45) is 0 Å². The third kappa shape index (κ3) is 2.15. The maximum atomic E-state index is 13.7. The summed E-state index contributed by atoms with van der Waals surface area (Å²) in [5, 5.41) is 19.1. The standard InChI is InChI=1S/C12H6FN3O2/c13-12-5-10(16(17)18)3-4-11(12)8-1-2-9(6-14)15-7-8/h1-5,7H. The van der Waals surface area contributed by atoms with Gasteiger partial charge in [0.05, 0.1) is 11.0 Å². The van der Waals surface area contributed by atoms with Crippen LogP contribution in [0, 0.1) is 27.3 Å². The number of nitriles is 1. The molecule has 0 saturated heterocycles. The molecule has 0 fully saturated rings. The molecule has 0 aliphatic carbocycles. The second kappa shape index (κ2) is 4.59. The number of nitro groups is 1. The largest absolute Gasteiger partial charge is 0.272 e. The average Bonchev–Trinajstić information content (AvgIpc) is 2.38. The van der Waals surface area contributed by atoms with Crippen molar-refractivity contribution in [3.8, 4) is 17.2 Å². The number of hydrogen-bond acceptors (Lipinski definition) is 4. The molecule has 6 heteroatoms. The zero-order valence-electron chi connectivity index (χ0n) is 9.00. The molecule has 0 aliphatic heterocycles. The SMILES string of the molecule is N#Cc1ccc(-c2ccc([N+](=O)[O-])cc2F)cn1. The Kier molecular flexibility index (Phi) is 2.98. The molecule has 1 aromatic carbocycles. The van der Waals surface area contributed by atoms with Crippen LogP contribution in [0.25, 0.3) is 11.1 Å². The zero-order chi connectivity index (χ0) is 13.1. The van der Waals surface area contributed by atoms with Gasteiger partial charge in [-0.05, 0) is 18.2 Å². The third-order valence-corrected chi connectivity index (χ3v) is 2.35. The van der Waals surface area contributed by atoms with E-state index in [2.05, 4.69) is 4.98 Å². The van der Waals surface area contributed by atoms with Gasteiger partial charge in [0.25, 0.3) is 5.69 Å². The first-order chi connectivity index (χ1) is 8.61. The van der Waals surface area contributed by atoms with E-state index in [-0.39, 0.29) is 16.9 Å². The van der Waals surface area contributed by atoms with E-state index in [0.717, 1.165) is 6.07 Å². The van der Waals surface area contributed by atoms with Crippen LogP contribution < -0.4 is 0 Å². The molecule has 0 N–H and O–H groups in total. The van der Waals surface area contributed by atoms with E-state index in [1.54, 1.807) is 0 Å². The Hall–Kier alpha value is -2.81. The molecular weight excluding hydrogens is 237 g/mol. The van der Waals surface area contributed by atoms with Crippen molar-refractivity contribution >= 4 is 5.69 Å². The number of hydrogen-bond donors (Lipinski definition) is 0. The lowest BCUT2D eigenvalue weighted by Gasteiger charge is -2.02. The molecule has 0 bridgehead atoms. The first-order valence-corrected chi connectivity index (χ1v) is 4.92. The molecule has 2 rings (SSSR count). The highest BCUT2D eigenvalue weighted by atomic mass is 19.1. The van der Waals surface area contributed by atoms with Crippen LogP contribution in [0.5, 0.6) is 0 Å². The topological polar surface area (TPSA) is 79.8 Å². The molecule has 1 aromatic heterocycles. The van der Waals surface area contributed by atoms with E-state index < -0.39 is 10.7 Å².